The summed E-state index contributed by atoms with van der Waals surface area (Å²) in [4.78, 5) is 23.5. The highest BCUT2D eigenvalue weighted by Gasteiger charge is 2.36. The predicted octanol–water partition coefficient (Wildman–Crippen LogP) is 1.84. The molecule has 15 heavy (non-hydrogen) atoms. The zero-order chi connectivity index (χ0) is 11.4. The van der Waals surface area contributed by atoms with Crippen molar-refractivity contribution in [2.24, 2.45) is 17.8 Å². The molecule has 0 heterocycles. The summed E-state index contributed by atoms with van der Waals surface area (Å²) in [5, 5.41) is 0. The van der Waals surface area contributed by atoms with Crippen LogP contribution in [-0.2, 0) is 14.3 Å². The van der Waals surface area contributed by atoms with Gasteiger partial charge in [-0.15, -0.1) is 0 Å². The van der Waals surface area contributed by atoms with Gasteiger partial charge in [0.2, 0.25) is 0 Å². The number of rotatable bonds is 4. The summed E-state index contributed by atoms with van der Waals surface area (Å²) >= 11 is 0. The first-order valence-electron chi connectivity index (χ1n) is 5.60. The average Bonchev–Trinajstić information content (AvgIpc) is 2.12. The molecule has 0 aromatic heterocycles. The van der Waals surface area contributed by atoms with Crippen LogP contribution < -0.4 is 0 Å². The van der Waals surface area contributed by atoms with Gasteiger partial charge < -0.3 is 4.74 Å². The molecule has 0 aromatic rings. The molecule has 1 fully saturated rings. The van der Waals surface area contributed by atoms with E-state index in [0.29, 0.717) is 25.4 Å². The van der Waals surface area contributed by atoms with Crippen molar-refractivity contribution >= 4 is 11.6 Å². The monoisotopic (exact) mass is 212 g/mol. The number of carbonyl (C=O) groups is 2. The molecule has 86 valence electrons. The van der Waals surface area contributed by atoms with Gasteiger partial charge in [0.25, 0.3) is 0 Å². The normalized spacial score (nSPS) is 31.7. The van der Waals surface area contributed by atoms with Crippen LogP contribution in [0.15, 0.2) is 0 Å². The molecule has 3 heteroatoms. The van der Waals surface area contributed by atoms with Gasteiger partial charge in [-0.2, -0.15) is 0 Å². The van der Waals surface area contributed by atoms with Crippen LogP contribution >= 0.6 is 0 Å². The molecular formula is C12H20O3. The van der Waals surface area contributed by atoms with Crippen LogP contribution in [0.4, 0.5) is 0 Å². The molecule has 0 aromatic carbocycles. The minimum Gasteiger partial charge on any atom is -0.384 e. The van der Waals surface area contributed by atoms with E-state index in [9.17, 15) is 9.59 Å². The third kappa shape index (κ3) is 3.13. The van der Waals surface area contributed by atoms with Gasteiger partial charge in [-0.3, -0.25) is 9.59 Å². The molecule has 3 atom stereocenters. The maximum absolute atomic E-state index is 11.8. The molecule has 0 saturated heterocycles. The summed E-state index contributed by atoms with van der Waals surface area (Å²) in [7, 11) is 1.57. The maximum Gasteiger partial charge on any atom is 0.145 e. The number of hydrogen-bond donors (Lipinski definition) is 0. The number of ether oxygens (including phenoxy) is 1. The lowest BCUT2D eigenvalue weighted by molar-refractivity contribution is -0.138. The first kappa shape index (κ1) is 12.4. The van der Waals surface area contributed by atoms with Crippen LogP contribution in [0.2, 0.25) is 0 Å². The van der Waals surface area contributed by atoms with Gasteiger partial charge in [-0.1, -0.05) is 13.8 Å². The number of ketones is 2. The van der Waals surface area contributed by atoms with Crippen molar-refractivity contribution < 1.29 is 14.3 Å². The third-order valence-corrected chi connectivity index (χ3v) is 3.14. The van der Waals surface area contributed by atoms with Gasteiger partial charge >= 0.3 is 0 Å². The largest absolute Gasteiger partial charge is 0.384 e. The van der Waals surface area contributed by atoms with Crippen LogP contribution in [-0.4, -0.2) is 25.3 Å². The van der Waals surface area contributed by atoms with Crippen molar-refractivity contribution in [2.75, 3.05) is 13.7 Å². The molecule has 0 spiro atoms. The van der Waals surface area contributed by atoms with Gasteiger partial charge in [-0.05, 0) is 18.3 Å². The Labute approximate surface area is 91.2 Å². The summed E-state index contributed by atoms with van der Waals surface area (Å²) < 4.78 is 4.86. The van der Waals surface area contributed by atoms with Crippen molar-refractivity contribution in [3.05, 3.63) is 0 Å². The Hall–Kier alpha value is -0.700. The van der Waals surface area contributed by atoms with Crippen LogP contribution in [0, 0.1) is 17.8 Å². The van der Waals surface area contributed by atoms with Crippen LogP contribution in [0.3, 0.4) is 0 Å². The Morgan fingerprint density at radius 3 is 2.67 bits per heavy atom. The molecule has 3 unspecified atom stereocenters. The summed E-state index contributed by atoms with van der Waals surface area (Å²) in [5.74, 6) is 0.449. The smallest absolute Gasteiger partial charge is 0.145 e. The van der Waals surface area contributed by atoms with E-state index in [-0.39, 0.29) is 23.4 Å². The Morgan fingerprint density at radius 2 is 2.13 bits per heavy atom. The van der Waals surface area contributed by atoms with E-state index in [4.69, 9.17) is 4.74 Å². The highest BCUT2D eigenvalue weighted by Crippen LogP contribution is 2.32. The van der Waals surface area contributed by atoms with Gasteiger partial charge in [0, 0.05) is 20.0 Å². The van der Waals surface area contributed by atoms with E-state index in [1.165, 1.54) is 0 Å². The third-order valence-electron chi connectivity index (χ3n) is 3.14. The predicted molar refractivity (Wildman–Crippen MR) is 57.6 cm³/mol. The lowest BCUT2D eigenvalue weighted by Gasteiger charge is -2.30. The van der Waals surface area contributed by atoms with Gasteiger partial charge in [0.1, 0.15) is 11.6 Å². The zero-order valence-corrected chi connectivity index (χ0v) is 9.79. The second kappa shape index (κ2) is 5.40. The number of Topliss-reactive ketones (excluding diaryl/α,β-unsaturated/α-hetero) is 2. The molecule has 1 saturated carbocycles. The topological polar surface area (TPSA) is 43.4 Å². The highest BCUT2D eigenvalue weighted by atomic mass is 16.5. The minimum absolute atomic E-state index is 0.0567. The molecule has 0 N–H and O–H groups in total. The zero-order valence-electron chi connectivity index (χ0n) is 9.79. The summed E-state index contributed by atoms with van der Waals surface area (Å²) in [6, 6.07) is 0. The van der Waals surface area contributed by atoms with Crippen LogP contribution in [0.1, 0.15) is 33.1 Å². The van der Waals surface area contributed by atoms with Crippen LogP contribution in [0.25, 0.3) is 0 Å². The van der Waals surface area contributed by atoms with Crippen LogP contribution in [0.5, 0.6) is 0 Å². The van der Waals surface area contributed by atoms with E-state index in [1.54, 1.807) is 7.11 Å². The van der Waals surface area contributed by atoms with E-state index in [1.807, 2.05) is 6.92 Å². The van der Waals surface area contributed by atoms with Crippen molar-refractivity contribution in [2.45, 2.75) is 33.1 Å². The first-order chi connectivity index (χ1) is 7.06. The summed E-state index contributed by atoms with van der Waals surface area (Å²) in [5.41, 5.74) is 0. The first-order valence-corrected chi connectivity index (χ1v) is 5.60. The second-order valence-electron chi connectivity index (χ2n) is 4.68. The lowest BCUT2D eigenvalue weighted by Crippen LogP contribution is -2.36. The lowest BCUT2D eigenvalue weighted by atomic mass is 9.72. The Morgan fingerprint density at radius 1 is 1.47 bits per heavy atom. The fourth-order valence-corrected chi connectivity index (χ4v) is 2.50. The quantitative estimate of drug-likeness (QED) is 0.668. The van der Waals surface area contributed by atoms with Crippen molar-refractivity contribution in [3.63, 3.8) is 0 Å². The van der Waals surface area contributed by atoms with E-state index in [0.717, 1.165) is 6.42 Å². The summed E-state index contributed by atoms with van der Waals surface area (Å²) in [6.45, 7) is 4.50. The molecule has 0 amide bonds. The number of methoxy groups -OCH3 is 1. The Balaban J connectivity index is 2.59. The van der Waals surface area contributed by atoms with Crippen molar-refractivity contribution in [1.29, 1.82) is 0 Å². The molecule has 1 rings (SSSR count). The average molecular weight is 212 g/mol. The van der Waals surface area contributed by atoms with E-state index < -0.39 is 0 Å². The van der Waals surface area contributed by atoms with Crippen molar-refractivity contribution in [1.82, 2.24) is 0 Å². The molecule has 1 aliphatic carbocycles. The van der Waals surface area contributed by atoms with Gasteiger partial charge in [0.15, 0.2) is 0 Å². The minimum atomic E-state index is -0.364. The Kier molecular flexibility index (Phi) is 4.45. The number of carbonyl (C=O) groups excluding carboxylic acids is 2. The number of hydrogen-bond acceptors (Lipinski definition) is 3. The fraction of sp³-hybridized carbons (Fsp3) is 0.833. The van der Waals surface area contributed by atoms with E-state index in [2.05, 4.69) is 6.92 Å². The SMILES string of the molecule is COCCC(=O)C1C(=O)CC(C)CC1C. The maximum atomic E-state index is 11.8. The van der Waals surface area contributed by atoms with Crippen molar-refractivity contribution in [3.8, 4) is 0 Å². The fourth-order valence-electron chi connectivity index (χ4n) is 2.50. The standard InChI is InChI=1S/C12H20O3/c1-8-6-9(2)12(11(14)7-8)10(13)4-5-15-3/h8-9,12H,4-7H2,1-3H3. The second-order valence-corrected chi connectivity index (χ2v) is 4.68. The van der Waals surface area contributed by atoms with Gasteiger partial charge in [0.05, 0.1) is 12.5 Å². The Bertz CT molecular complexity index is 247. The van der Waals surface area contributed by atoms with Gasteiger partial charge in [-0.25, -0.2) is 0 Å². The van der Waals surface area contributed by atoms with E-state index >= 15 is 0 Å². The molecule has 0 bridgehead atoms. The highest BCUT2D eigenvalue weighted by molar-refractivity contribution is 6.03. The summed E-state index contributed by atoms with van der Waals surface area (Å²) in [6.07, 6.45) is 1.91. The molecule has 1 aliphatic rings. The molecule has 0 radical (unpaired) electrons. The molecular weight excluding hydrogens is 192 g/mol. The molecule has 3 nitrogen and oxygen atoms in total. The molecule has 0 aliphatic heterocycles.